The molecule has 1 aliphatic heterocycles. The van der Waals surface area contributed by atoms with Gasteiger partial charge < -0.3 is 5.32 Å². The first kappa shape index (κ1) is 22.8. The van der Waals surface area contributed by atoms with Gasteiger partial charge in [-0.1, -0.05) is 24.3 Å². The number of sulfonamides is 1. The SMILES string of the molecule is Cc1nn(CC(=O)Nc2cccc(C(F)(F)F)c2)c(C)c1S(=O)(=O)N1CCc2ccccc21. The summed E-state index contributed by atoms with van der Waals surface area (Å²) >= 11 is 0. The predicted octanol–water partition coefficient (Wildman–Crippen LogP) is 3.91. The second kappa shape index (κ2) is 8.22. The Bertz CT molecular complexity index is 1330. The number of fused-ring (bicyclic) bond motifs is 1. The highest BCUT2D eigenvalue weighted by molar-refractivity contribution is 7.93. The van der Waals surface area contributed by atoms with E-state index < -0.39 is 27.7 Å². The highest BCUT2D eigenvalue weighted by Gasteiger charge is 2.35. The Morgan fingerprint density at radius 1 is 1.12 bits per heavy atom. The maximum Gasteiger partial charge on any atom is 0.416 e. The van der Waals surface area contributed by atoms with E-state index in [4.69, 9.17) is 0 Å². The van der Waals surface area contributed by atoms with Gasteiger partial charge in [0.2, 0.25) is 5.91 Å². The van der Waals surface area contributed by atoms with E-state index in [2.05, 4.69) is 10.4 Å². The standard InChI is InChI=1S/C22H21F3N4O3S/c1-14-21(33(31,32)29-11-10-16-6-3-4-9-19(16)29)15(2)28(27-14)13-20(30)26-18-8-5-7-17(12-18)22(23,24)25/h3-9,12H,10-11,13H2,1-2H3,(H,26,30). The molecule has 7 nitrogen and oxygen atoms in total. The van der Waals surface area contributed by atoms with Gasteiger partial charge in [0.05, 0.1) is 22.6 Å². The van der Waals surface area contributed by atoms with Crippen LogP contribution in [-0.4, -0.2) is 30.7 Å². The number of alkyl halides is 3. The number of hydrogen-bond acceptors (Lipinski definition) is 4. The lowest BCUT2D eigenvalue weighted by Gasteiger charge is -2.19. The van der Waals surface area contributed by atoms with Crippen molar-refractivity contribution < 1.29 is 26.4 Å². The molecule has 0 aliphatic carbocycles. The van der Waals surface area contributed by atoms with Crippen LogP contribution in [0.15, 0.2) is 53.4 Å². The van der Waals surface area contributed by atoms with Crippen LogP contribution in [-0.2, 0) is 34.0 Å². The number of rotatable bonds is 5. The minimum Gasteiger partial charge on any atom is -0.324 e. The third-order valence-corrected chi connectivity index (χ3v) is 7.54. The van der Waals surface area contributed by atoms with E-state index in [1.165, 1.54) is 21.1 Å². The van der Waals surface area contributed by atoms with Crippen molar-refractivity contribution in [1.82, 2.24) is 9.78 Å². The van der Waals surface area contributed by atoms with E-state index in [0.29, 0.717) is 18.7 Å². The summed E-state index contributed by atoms with van der Waals surface area (Å²) in [5.74, 6) is -0.629. The number of nitrogens with one attached hydrogen (secondary N) is 1. The summed E-state index contributed by atoms with van der Waals surface area (Å²) in [7, 11) is -3.92. The lowest BCUT2D eigenvalue weighted by atomic mass is 10.2. The number of para-hydroxylation sites is 1. The molecule has 0 saturated carbocycles. The van der Waals surface area contributed by atoms with Gasteiger partial charge in [-0.25, -0.2) is 8.42 Å². The fraction of sp³-hybridized carbons (Fsp3) is 0.273. The molecule has 2 heterocycles. The van der Waals surface area contributed by atoms with Crippen LogP contribution in [0.1, 0.15) is 22.5 Å². The number of carbonyl (C=O) groups excluding carboxylic acids is 1. The number of aromatic nitrogens is 2. The molecule has 33 heavy (non-hydrogen) atoms. The summed E-state index contributed by atoms with van der Waals surface area (Å²) in [6.45, 7) is 3.05. The van der Waals surface area contributed by atoms with Crippen LogP contribution in [0.4, 0.5) is 24.5 Å². The third-order valence-electron chi connectivity index (χ3n) is 5.47. The number of carbonyl (C=O) groups is 1. The van der Waals surface area contributed by atoms with Gasteiger partial charge in [-0.15, -0.1) is 0 Å². The van der Waals surface area contributed by atoms with E-state index in [-0.39, 0.29) is 28.5 Å². The Hall–Kier alpha value is -3.34. The van der Waals surface area contributed by atoms with Gasteiger partial charge in [-0.2, -0.15) is 18.3 Å². The second-order valence-corrected chi connectivity index (χ2v) is 9.54. The summed E-state index contributed by atoms with van der Waals surface area (Å²) in [4.78, 5) is 12.5. The number of anilines is 2. The van der Waals surface area contributed by atoms with Crippen molar-refractivity contribution in [2.45, 2.75) is 37.9 Å². The molecule has 0 unspecified atom stereocenters. The third kappa shape index (κ3) is 4.32. The summed E-state index contributed by atoms with van der Waals surface area (Å²) in [5, 5.41) is 6.62. The molecule has 0 bridgehead atoms. The zero-order valence-corrected chi connectivity index (χ0v) is 18.7. The predicted molar refractivity (Wildman–Crippen MR) is 116 cm³/mol. The van der Waals surface area contributed by atoms with Gasteiger partial charge in [-0.3, -0.25) is 13.8 Å². The average molecular weight is 478 g/mol. The highest BCUT2D eigenvalue weighted by atomic mass is 32.2. The van der Waals surface area contributed by atoms with Crippen LogP contribution in [0.2, 0.25) is 0 Å². The molecule has 1 aromatic heterocycles. The molecular formula is C22H21F3N4O3S. The molecule has 1 aliphatic rings. The summed E-state index contributed by atoms with van der Waals surface area (Å²) in [5.41, 5.74) is 1.17. The minimum absolute atomic E-state index is 0.0159. The molecule has 1 N–H and O–H groups in total. The minimum atomic E-state index is -4.53. The Morgan fingerprint density at radius 3 is 2.58 bits per heavy atom. The topological polar surface area (TPSA) is 84.3 Å². The fourth-order valence-corrected chi connectivity index (χ4v) is 5.87. The molecular weight excluding hydrogens is 457 g/mol. The van der Waals surface area contributed by atoms with Gasteiger partial charge in [-0.05, 0) is 50.1 Å². The number of halogens is 3. The zero-order chi connectivity index (χ0) is 24.0. The van der Waals surface area contributed by atoms with Crippen molar-refractivity contribution in [3.05, 3.63) is 71.0 Å². The largest absolute Gasteiger partial charge is 0.416 e. The smallest absolute Gasteiger partial charge is 0.324 e. The molecule has 1 amide bonds. The molecule has 0 spiro atoms. The van der Waals surface area contributed by atoms with Crippen LogP contribution in [0.25, 0.3) is 0 Å². The molecule has 0 fully saturated rings. The molecule has 0 atom stereocenters. The highest BCUT2D eigenvalue weighted by Crippen LogP contribution is 2.35. The molecule has 4 rings (SSSR count). The first-order valence-corrected chi connectivity index (χ1v) is 11.5. The van der Waals surface area contributed by atoms with Crippen molar-refractivity contribution in [1.29, 1.82) is 0 Å². The van der Waals surface area contributed by atoms with E-state index in [1.807, 2.05) is 12.1 Å². The molecule has 0 saturated heterocycles. The molecule has 0 radical (unpaired) electrons. The van der Waals surface area contributed by atoms with E-state index >= 15 is 0 Å². The van der Waals surface area contributed by atoms with Gasteiger partial charge in [0.25, 0.3) is 10.0 Å². The van der Waals surface area contributed by atoms with E-state index in [9.17, 15) is 26.4 Å². The average Bonchev–Trinajstić information content (AvgIpc) is 3.29. The number of benzene rings is 2. The number of nitrogens with zero attached hydrogens (tertiary/aromatic N) is 3. The molecule has 3 aromatic rings. The molecule has 11 heteroatoms. The lowest BCUT2D eigenvalue weighted by molar-refractivity contribution is -0.137. The first-order chi connectivity index (χ1) is 15.5. The van der Waals surface area contributed by atoms with Crippen LogP contribution >= 0.6 is 0 Å². The number of aryl methyl sites for hydroxylation is 1. The summed E-state index contributed by atoms with van der Waals surface area (Å²) < 4.78 is 68.1. The van der Waals surface area contributed by atoms with Crippen molar-refractivity contribution in [3.63, 3.8) is 0 Å². The van der Waals surface area contributed by atoms with Crippen LogP contribution in [0, 0.1) is 13.8 Å². The Labute approximate surface area is 188 Å². The Balaban J connectivity index is 1.57. The maximum atomic E-state index is 13.4. The second-order valence-electron chi connectivity index (χ2n) is 7.74. The Morgan fingerprint density at radius 2 is 1.85 bits per heavy atom. The molecule has 2 aromatic carbocycles. The van der Waals surface area contributed by atoms with Crippen LogP contribution in [0.3, 0.4) is 0 Å². The number of amides is 1. The van der Waals surface area contributed by atoms with Crippen molar-refractivity contribution in [3.8, 4) is 0 Å². The fourth-order valence-electron chi connectivity index (χ4n) is 3.99. The van der Waals surface area contributed by atoms with E-state index in [1.54, 1.807) is 26.0 Å². The monoisotopic (exact) mass is 478 g/mol. The van der Waals surface area contributed by atoms with E-state index in [0.717, 1.165) is 17.7 Å². The van der Waals surface area contributed by atoms with Gasteiger partial charge in [0.1, 0.15) is 11.4 Å². The maximum absolute atomic E-state index is 13.4. The summed E-state index contributed by atoms with van der Waals surface area (Å²) in [6.07, 6.45) is -3.94. The number of hydrogen-bond donors (Lipinski definition) is 1. The van der Waals surface area contributed by atoms with Gasteiger partial charge >= 0.3 is 6.18 Å². The quantitative estimate of drug-likeness (QED) is 0.603. The zero-order valence-electron chi connectivity index (χ0n) is 17.8. The Kier molecular flexibility index (Phi) is 5.69. The van der Waals surface area contributed by atoms with Crippen LogP contribution in [0.5, 0.6) is 0 Å². The lowest BCUT2D eigenvalue weighted by Crippen LogP contribution is -2.30. The van der Waals surface area contributed by atoms with Crippen molar-refractivity contribution in [2.75, 3.05) is 16.2 Å². The van der Waals surface area contributed by atoms with Gasteiger partial charge in [0, 0.05) is 12.2 Å². The molecule has 174 valence electrons. The van der Waals surface area contributed by atoms with Gasteiger partial charge in [0.15, 0.2) is 0 Å². The van der Waals surface area contributed by atoms with Crippen molar-refractivity contribution in [2.24, 2.45) is 0 Å². The summed E-state index contributed by atoms with van der Waals surface area (Å²) in [6, 6.07) is 11.5. The van der Waals surface area contributed by atoms with Crippen molar-refractivity contribution >= 4 is 27.3 Å². The van der Waals surface area contributed by atoms with Crippen LogP contribution < -0.4 is 9.62 Å². The normalized spacial score (nSPS) is 13.8. The first-order valence-electron chi connectivity index (χ1n) is 10.1.